The summed E-state index contributed by atoms with van der Waals surface area (Å²) in [7, 11) is 4.69. The van der Waals surface area contributed by atoms with Crippen LogP contribution < -0.4 is 24.3 Å². The van der Waals surface area contributed by atoms with Crippen LogP contribution in [0.1, 0.15) is 36.5 Å². The van der Waals surface area contributed by atoms with Crippen LogP contribution in [0, 0.1) is 0 Å². The van der Waals surface area contributed by atoms with Gasteiger partial charge >= 0.3 is 0 Å². The van der Waals surface area contributed by atoms with Gasteiger partial charge in [-0.2, -0.15) is 0 Å². The van der Waals surface area contributed by atoms with Crippen molar-refractivity contribution in [2.45, 2.75) is 45.3 Å². The first-order valence-electron chi connectivity index (χ1n) is 9.92. The zero-order valence-electron chi connectivity index (χ0n) is 17.5. The molecule has 0 aromatic heterocycles. The fraction of sp³-hybridized carbons (Fsp3) is 0.435. The number of hydrogen-bond acceptors (Lipinski definition) is 5. The number of ether oxygens (including phenoxy) is 4. The lowest BCUT2D eigenvalue weighted by atomic mass is 9.91. The van der Waals surface area contributed by atoms with Crippen molar-refractivity contribution in [2.75, 3.05) is 21.3 Å². The van der Waals surface area contributed by atoms with E-state index < -0.39 is 6.10 Å². The SMILES string of the molecule is COc1ccc(CNC(=O)[C@H](C)Oc2cccc3c2CCCC3)c(OC)c1OC. The van der Waals surface area contributed by atoms with Crippen molar-refractivity contribution in [3.8, 4) is 23.0 Å². The molecule has 2 aromatic carbocycles. The molecule has 0 spiro atoms. The Bertz CT molecular complexity index is 865. The van der Waals surface area contributed by atoms with E-state index in [0.29, 0.717) is 23.8 Å². The molecule has 0 fully saturated rings. The van der Waals surface area contributed by atoms with E-state index >= 15 is 0 Å². The molecular formula is C23H29NO5. The van der Waals surface area contributed by atoms with Gasteiger partial charge in [0.2, 0.25) is 5.75 Å². The van der Waals surface area contributed by atoms with Crippen LogP contribution in [0.2, 0.25) is 0 Å². The first kappa shape index (κ1) is 20.8. The molecule has 29 heavy (non-hydrogen) atoms. The Labute approximate surface area is 172 Å². The highest BCUT2D eigenvalue weighted by Crippen LogP contribution is 2.39. The van der Waals surface area contributed by atoms with Gasteiger partial charge in [0.25, 0.3) is 5.91 Å². The van der Waals surface area contributed by atoms with Gasteiger partial charge in [-0.3, -0.25) is 4.79 Å². The van der Waals surface area contributed by atoms with E-state index in [-0.39, 0.29) is 5.91 Å². The topological polar surface area (TPSA) is 66.0 Å². The summed E-state index contributed by atoms with van der Waals surface area (Å²) >= 11 is 0. The Balaban J connectivity index is 1.67. The number of methoxy groups -OCH3 is 3. The first-order valence-corrected chi connectivity index (χ1v) is 9.92. The van der Waals surface area contributed by atoms with Crippen molar-refractivity contribution in [1.82, 2.24) is 5.32 Å². The Morgan fingerprint density at radius 3 is 2.45 bits per heavy atom. The third-order valence-electron chi connectivity index (χ3n) is 5.26. The largest absolute Gasteiger partial charge is 0.493 e. The highest BCUT2D eigenvalue weighted by Gasteiger charge is 2.21. The van der Waals surface area contributed by atoms with Gasteiger partial charge in [-0.1, -0.05) is 12.1 Å². The molecule has 2 aromatic rings. The highest BCUT2D eigenvalue weighted by molar-refractivity contribution is 5.80. The monoisotopic (exact) mass is 399 g/mol. The van der Waals surface area contributed by atoms with Crippen molar-refractivity contribution in [2.24, 2.45) is 0 Å². The maximum Gasteiger partial charge on any atom is 0.261 e. The predicted octanol–water partition coefficient (Wildman–Crippen LogP) is 3.67. The maximum atomic E-state index is 12.6. The molecule has 0 aliphatic heterocycles. The van der Waals surface area contributed by atoms with Crippen LogP contribution in [-0.4, -0.2) is 33.3 Å². The van der Waals surface area contributed by atoms with Crippen LogP contribution in [0.5, 0.6) is 23.0 Å². The molecule has 0 unspecified atom stereocenters. The van der Waals surface area contributed by atoms with E-state index in [1.165, 1.54) is 17.5 Å². The molecule has 1 N–H and O–H groups in total. The van der Waals surface area contributed by atoms with Crippen molar-refractivity contribution < 1.29 is 23.7 Å². The summed E-state index contributed by atoms with van der Waals surface area (Å²) < 4.78 is 22.2. The molecule has 0 radical (unpaired) electrons. The van der Waals surface area contributed by atoms with Crippen molar-refractivity contribution in [1.29, 1.82) is 0 Å². The van der Waals surface area contributed by atoms with Crippen LogP contribution >= 0.6 is 0 Å². The van der Waals surface area contributed by atoms with Gasteiger partial charge in [-0.15, -0.1) is 0 Å². The van der Waals surface area contributed by atoms with E-state index in [4.69, 9.17) is 18.9 Å². The van der Waals surface area contributed by atoms with Gasteiger partial charge in [-0.05, 0) is 61.9 Å². The van der Waals surface area contributed by atoms with E-state index in [0.717, 1.165) is 30.6 Å². The fourth-order valence-corrected chi connectivity index (χ4v) is 3.73. The molecule has 0 saturated carbocycles. The average Bonchev–Trinajstić information content (AvgIpc) is 2.76. The zero-order valence-corrected chi connectivity index (χ0v) is 17.5. The molecular weight excluding hydrogens is 370 g/mol. The smallest absolute Gasteiger partial charge is 0.261 e. The minimum absolute atomic E-state index is 0.185. The van der Waals surface area contributed by atoms with Gasteiger partial charge in [0.15, 0.2) is 17.6 Å². The minimum atomic E-state index is -0.602. The Morgan fingerprint density at radius 1 is 0.966 bits per heavy atom. The number of aryl methyl sites for hydroxylation is 1. The standard InChI is InChI=1S/C23H29NO5/c1-15(29-19-11-7-9-16-8-5-6-10-18(16)19)23(25)24-14-17-12-13-20(26-2)22(28-4)21(17)27-3/h7,9,11-13,15H,5-6,8,10,14H2,1-4H3,(H,24,25)/t15-/m0/s1. The number of carbonyl (C=O) groups is 1. The number of hydrogen-bond donors (Lipinski definition) is 1. The summed E-state index contributed by atoms with van der Waals surface area (Å²) in [6.07, 6.45) is 3.84. The Hall–Kier alpha value is -2.89. The highest BCUT2D eigenvalue weighted by atomic mass is 16.5. The van der Waals surface area contributed by atoms with Crippen LogP contribution in [0.15, 0.2) is 30.3 Å². The van der Waals surface area contributed by atoms with Crippen LogP contribution in [-0.2, 0) is 24.2 Å². The molecule has 156 valence electrons. The summed E-state index contributed by atoms with van der Waals surface area (Å²) in [6, 6.07) is 9.73. The second-order valence-corrected chi connectivity index (χ2v) is 7.07. The van der Waals surface area contributed by atoms with Crippen LogP contribution in [0.4, 0.5) is 0 Å². The van der Waals surface area contributed by atoms with Gasteiger partial charge in [0.05, 0.1) is 21.3 Å². The minimum Gasteiger partial charge on any atom is -0.493 e. The van der Waals surface area contributed by atoms with Crippen molar-refractivity contribution in [3.63, 3.8) is 0 Å². The van der Waals surface area contributed by atoms with E-state index in [1.54, 1.807) is 34.3 Å². The molecule has 1 atom stereocenters. The molecule has 1 aliphatic rings. The van der Waals surface area contributed by atoms with E-state index in [9.17, 15) is 4.79 Å². The summed E-state index contributed by atoms with van der Waals surface area (Å²) in [5, 5.41) is 2.92. The summed E-state index contributed by atoms with van der Waals surface area (Å²) in [5.74, 6) is 2.24. The Kier molecular flexibility index (Phi) is 6.86. The van der Waals surface area contributed by atoms with Gasteiger partial charge in [-0.25, -0.2) is 0 Å². The maximum absolute atomic E-state index is 12.6. The molecule has 0 saturated heterocycles. The molecule has 6 nitrogen and oxygen atoms in total. The summed E-state index contributed by atoms with van der Waals surface area (Å²) in [5.41, 5.74) is 3.36. The lowest BCUT2D eigenvalue weighted by Gasteiger charge is -2.22. The Morgan fingerprint density at radius 2 is 1.72 bits per heavy atom. The van der Waals surface area contributed by atoms with Crippen molar-refractivity contribution >= 4 is 5.91 Å². The quantitative estimate of drug-likeness (QED) is 0.734. The second kappa shape index (κ2) is 9.54. The zero-order chi connectivity index (χ0) is 20.8. The van der Waals surface area contributed by atoms with Gasteiger partial charge < -0.3 is 24.3 Å². The molecule has 3 rings (SSSR count). The summed E-state index contributed by atoms with van der Waals surface area (Å²) in [6.45, 7) is 2.06. The van der Waals surface area contributed by atoms with E-state index in [1.807, 2.05) is 18.2 Å². The molecule has 6 heteroatoms. The number of rotatable bonds is 8. The summed E-state index contributed by atoms with van der Waals surface area (Å²) in [4.78, 5) is 12.6. The van der Waals surface area contributed by atoms with E-state index in [2.05, 4.69) is 11.4 Å². The number of benzene rings is 2. The van der Waals surface area contributed by atoms with Crippen molar-refractivity contribution in [3.05, 3.63) is 47.0 Å². The number of amides is 1. The van der Waals surface area contributed by atoms with Gasteiger partial charge in [0.1, 0.15) is 5.75 Å². The first-order chi connectivity index (χ1) is 14.1. The predicted molar refractivity (Wildman–Crippen MR) is 111 cm³/mol. The molecule has 0 heterocycles. The van der Waals surface area contributed by atoms with Gasteiger partial charge in [0, 0.05) is 12.1 Å². The average molecular weight is 399 g/mol. The number of nitrogens with one attached hydrogen (secondary N) is 1. The third kappa shape index (κ3) is 4.58. The number of fused-ring (bicyclic) bond motifs is 1. The third-order valence-corrected chi connectivity index (χ3v) is 5.26. The molecule has 1 amide bonds. The lowest BCUT2D eigenvalue weighted by Crippen LogP contribution is -2.36. The second-order valence-electron chi connectivity index (χ2n) is 7.07. The van der Waals surface area contributed by atoms with Crippen LogP contribution in [0.25, 0.3) is 0 Å². The van der Waals surface area contributed by atoms with Crippen LogP contribution in [0.3, 0.4) is 0 Å². The fourth-order valence-electron chi connectivity index (χ4n) is 3.73. The normalized spacial score (nSPS) is 13.8. The lowest BCUT2D eigenvalue weighted by molar-refractivity contribution is -0.127. The molecule has 0 bridgehead atoms. The number of carbonyl (C=O) groups excluding carboxylic acids is 1. The molecule has 1 aliphatic carbocycles.